The number of nitrogens with zero attached hydrogens (tertiary/aromatic N) is 2. The van der Waals surface area contributed by atoms with Crippen molar-refractivity contribution in [3.8, 4) is 33.6 Å². The van der Waals surface area contributed by atoms with E-state index in [0.29, 0.717) is 0 Å². The maximum Gasteiger partial charge on any atom is 0.0973 e. The number of hydrogen-bond donors (Lipinski definition) is 0. The van der Waals surface area contributed by atoms with Gasteiger partial charge in [-0.1, -0.05) is 91.0 Å². The van der Waals surface area contributed by atoms with Crippen molar-refractivity contribution in [2.75, 3.05) is 0 Å². The Bertz CT molecular complexity index is 1230. The fraction of sp³-hybridized carbons (Fsp3) is 0. The van der Waals surface area contributed by atoms with Gasteiger partial charge in [-0.05, 0) is 29.3 Å². The summed E-state index contributed by atoms with van der Waals surface area (Å²) < 4.78 is 0. The molecule has 0 saturated carbocycles. The molecule has 0 spiro atoms. The summed E-state index contributed by atoms with van der Waals surface area (Å²) in [6.07, 6.45) is 0. The zero-order chi connectivity index (χ0) is 18.8. The number of aromatic nitrogens is 2. The van der Waals surface area contributed by atoms with E-state index in [1.54, 1.807) is 0 Å². The predicted molar refractivity (Wildman–Crippen MR) is 115 cm³/mol. The maximum absolute atomic E-state index is 4.96. The molecular weight excluding hydrogens is 340 g/mol. The van der Waals surface area contributed by atoms with Crippen molar-refractivity contribution in [3.05, 3.63) is 109 Å². The average Bonchev–Trinajstić information content (AvgIpc) is 2.79. The molecule has 2 heteroatoms. The van der Waals surface area contributed by atoms with Crippen LogP contribution in [0.1, 0.15) is 0 Å². The van der Waals surface area contributed by atoms with Crippen molar-refractivity contribution in [2.45, 2.75) is 0 Å². The summed E-state index contributed by atoms with van der Waals surface area (Å²) in [4.78, 5) is 9.89. The van der Waals surface area contributed by atoms with Crippen LogP contribution in [0.3, 0.4) is 0 Å². The van der Waals surface area contributed by atoms with Crippen LogP contribution in [0.25, 0.3) is 44.7 Å². The Morgan fingerprint density at radius 1 is 0.429 bits per heavy atom. The highest BCUT2D eigenvalue weighted by Gasteiger charge is 2.13. The van der Waals surface area contributed by atoms with E-state index in [-0.39, 0.29) is 0 Å². The zero-order valence-corrected chi connectivity index (χ0v) is 15.2. The van der Waals surface area contributed by atoms with Crippen LogP contribution in [0.15, 0.2) is 103 Å². The standard InChI is InChI=1S/C26H17N2/c1-3-9-19(10-4-1)20-15-17-22(18-16-20)26-25(21-11-5-2-6-12-21)27-23-13-7-8-14-24(23)28-26/h2-18H. The van der Waals surface area contributed by atoms with E-state index in [0.717, 1.165) is 33.5 Å². The van der Waals surface area contributed by atoms with E-state index in [2.05, 4.69) is 54.6 Å². The van der Waals surface area contributed by atoms with Gasteiger partial charge in [0, 0.05) is 11.1 Å². The van der Waals surface area contributed by atoms with Crippen LogP contribution in [0, 0.1) is 6.07 Å². The van der Waals surface area contributed by atoms with Gasteiger partial charge in [0.05, 0.1) is 22.4 Å². The van der Waals surface area contributed by atoms with Crippen LogP contribution in [0.5, 0.6) is 0 Å². The van der Waals surface area contributed by atoms with Gasteiger partial charge in [-0.3, -0.25) is 0 Å². The lowest BCUT2D eigenvalue weighted by molar-refractivity contribution is 1.29. The van der Waals surface area contributed by atoms with Crippen LogP contribution >= 0.6 is 0 Å². The predicted octanol–water partition coefficient (Wildman–Crippen LogP) is 6.43. The van der Waals surface area contributed by atoms with Crippen LogP contribution in [0.4, 0.5) is 0 Å². The monoisotopic (exact) mass is 357 g/mol. The minimum absolute atomic E-state index is 0.901. The SMILES string of the molecule is [c]1ccc(-c2ccc(-c3nc4ccccc4nc3-c3ccccc3)cc2)cc1. The highest BCUT2D eigenvalue weighted by atomic mass is 14.8. The normalized spacial score (nSPS) is 10.9. The number of benzene rings is 4. The summed E-state index contributed by atoms with van der Waals surface area (Å²) >= 11 is 0. The largest absolute Gasteiger partial charge is 0.244 e. The summed E-state index contributed by atoms with van der Waals surface area (Å²) in [5.74, 6) is 0. The Morgan fingerprint density at radius 3 is 1.50 bits per heavy atom. The van der Waals surface area contributed by atoms with Crippen molar-refractivity contribution >= 4 is 11.0 Å². The first kappa shape index (κ1) is 16.4. The Hall–Kier alpha value is -3.78. The summed E-state index contributed by atoms with van der Waals surface area (Å²) in [5, 5.41) is 0. The minimum atomic E-state index is 0.901. The summed E-state index contributed by atoms with van der Waals surface area (Å²) in [5.41, 5.74) is 8.09. The van der Waals surface area contributed by atoms with Crippen molar-refractivity contribution in [3.63, 3.8) is 0 Å². The molecule has 5 aromatic rings. The van der Waals surface area contributed by atoms with E-state index in [4.69, 9.17) is 9.97 Å². The molecular formula is C26H17N2. The molecule has 0 aliphatic carbocycles. The lowest BCUT2D eigenvalue weighted by Crippen LogP contribution is -1.95. The summed E-state index contributed by atoms with van der Waals surface area (Å²) in [6.45, 7) is 0. The number of para-hydroxylation sites is 2. The fourth-order valence-electron chi connectivity index (χ4n) is 3.40. The van der Waals surface area contributed by atoms with Gasteiger partial charge in [0.25, 0.3) is 0 Å². The first-order valence-electron chi connectivity index (χ1n) is 9.28. The van der Waals surface area contributed by atoms with Gasteiger partial charge in [0.2, 0.25) is 0 Å². The number of rotatable bonds is 3. The van der Waals surface area contributed by atoms with Gasteiger partial charge < -0.3 is 0 Å². The molecule has 131 valence electrons. The van der Waals surface area contributed by atoms with Crippen LogP contribution in [-0.2, 0) is 0 Å². The topological polar surface area (TPSA) is 25.8 Å². The van der Waals surface area contributed by atoms with E-state index < -0.39 is 0 Å². The Morgan fingerprint density at radius 2 is 0.893 bits per heavy atom. The maximum atomic E-state index is 4.96. The van der Waals surface area contributed by atoms with Gasteiger partial charge in [-0.2, -0.15) is 0 Å². The molecule has 0 aliphatic rings. The molecule has 0 unspecified atom stereocenters. The first-order valence-corrected chi connectivity index (χ1v) is 9.28. The van der Waals surface area contributed by atoms with Gasteiger partial charge in [0.15, 0.2) is 0 Å². The third-order valence-corrected chi connectivity index (χ3v) is 4.83. The Balaban J connectivity index is 1.67. The zero-order valence-electron chi connectivity index (χ0n) is 15.2. The van der Waals surface area contributed by atoms with E-state index in [9.17, 15) is 0 Å². The lowest BCUT2D eigenvalue weighted by atomic mass is 10.00. The Labute approximate surface area is 164 Å². The van der Waals surface area contributed by atoms with Gasteiger partial charge in [-0.15, -0.1) is 0 Å². The molecule has 1 aromatic heterocycles. The van der Waals surface area contributed by atoms with Crippen molar-refractivity contribution in [1.82, 2.24) is 9.97 Å². The second-order valence-electron chi connectivity index (χ2n) is 6.64. The van der Waals surface area contributed by atoms with Crippen molar-refractivity contribution < 1.29 is 0 Å². The van der Waals surface area contributed by atoms with Crippen LogP contribution in [-0.4, -0.2) is 9.97 Å². The average molecular weight is 357 g/mol. The highest BCUT2D eigenvalue weighted by molar-refractivity contribution is 5.86. The van der Waals surface area contributed by atoms with Gasteiger partial charge in [-0.25, -0.2) is 9.97 Å². The van der Waals surface area contributed by atoms with E-state index in [1.165, 1.54) is 11.1 Å². The molecule has 0 N–H and O–H groups in total. The third kappa shape index (κ3) is 3.06. The van der Waals surface area contributed by atoms with Gasteiger partial charge >= 0.3 is 0 Å². The lowest BCUT2D eigenvalue weighted by Gasteiger charge is -2.11. The number of fused-ring (bicyclic) bond motifs is 1. The molecule has 0 aliphatic heterocycles. The summed E-state index contributed by atoms with van der Waals surface area (Å²) in [7, 11) is 0. The molecule has 0 saturated heterocycles. The molecule has 0 atom stereocenters. The van der Waals surface area contributed by atoms with Crippen molar-refractivity contribution in [2.24, 2.45) is 0 Å². The molecule has 28 heavy (non-hydrogen) atoms. The quantitative estimate of drug-likeness (QED) is 0.372. The molecule has 0 bridgehead atoms. The molecule has 1 heterocycles. The second kappa shape index (κ2) is 7.09. The van der Waals surface area contributed by atoms with E-state index >= 15 is 0 Å². The molecule has 5 rings (SSSR count). The minimum Gasteiger partial charge on any atom is -0.244 e. The number of hydrogen-bond acceptors (Lipinski definition) is 2. The third-order valence-electron chi connectivity index (χ3n) is 4.83. The molecule has 0 amide bonds. The molecule has 2 nitrogen and oxygen atoms in total. The Kier molecular flexibility index (Phi) is 4.15. The van der Waals surface area contributed by atoms with Gasteiger partial charge in [0.1, 0.15) is 0 Å². The molecule has 0 fully saturated rings. The van der Waals surface area contributed by atoms with Crippen molar-refractivity contribution in [1.29, 1.82) is 0 Å². The fourth-order valence-corrected chi connectivity index (χ4v) is 3.40. The second-order valence-corrected chi connectivity index (χ2v) is 6.64. The molecule has 1 radical (unpaired) electrons. The van der Waals surface area contributed by atoms with E-state index in [1.807, 2.05) is 54.6 Å². The smallest absolute Gasteiger partial charge is 0.0973 e. The highest BCUT2D eigenvalue weighted by Crippen LogP contribution is 2.32. The van der Waals surface area contributed by atoms with Crippen LogP contribution < -0.4 is 0 Å². The summed E-state index contributed by atoms with van der Waals surface area (Å²) in [6, 6.07) is 37.8. The van der Waals surface area contributed by atoms with Crippen LogP contribution in [0.2, 0.25) is 0 Å². The molecule has 4 aromatic carbocycles. The first-order chi connectivity index (χ1) is 13.9.